The predicted octanol–water partition coefficient (Wildman–Crippen LogP) is 3.27. The summed E-state index contributed by atoms with van der Waals surface area (Å²) in [5.74, 6) is 1.25. The van der Waals surface area contributed by atoms with Crippen LogP contribution in [0.25, 0.3) is 0 Å². The van der Waals surface area contributed by atoms with E-state index in [1.165, 1.54) is 0 Å². The Hall–Kier alpha value is -2.37. The Morgan fingerprint density at radius 3 is 2.34 bits per heavy atom. The van der Waals surface area contributed by atoms with E-state index in [1.807, 2.05) is 54.6 Å². The number of piperazine rings is 1. The Bertz CT molecular complexity index is 771. The van der Waals surface area contributed by atoms with Crippen LogP contribution in [0.1, 0.15) is 29.8 Å². The predicted molar refractivity (Wildman–Crippen MR) is 117 cm³/mol. The molecule has 0 aromatic heterocycles. The molecule has 0 bridgehead atoms. The van der Waals surface area contributed by atoms with Crippen LogP contribution in [0.4, 0.5) is 0 Å². The first kappa shape index (κ1) is 21.3. The SMILES string of the molecule is CC(C)[C@H](CNC(=O)c1ccccc1COc1ccccc1)N1CCN(C)CC1. The molecule has 2 aromatic carbocycles. The first-order chi connectivity index (χ1) is 14.0. The second-order valence-electron chi connectivity index (χ2n) is 8.12. The number of rotatable bonds is 8. The van der Waals surface area contributed by atoms with Crippen LogP contribution in [-0.4, -0.2) is 61.5 Å². The van der Waals surface area contributed by atoms with Crippen LogP contribution >= 0.6 is 0 Å². The molecule has 5 heteroatoms. The number of nitrogens with zero attached hydrogens (tertiary/aromatic N) is 2. The fourth-order valence-corrected chi connectivity index (χ4v) is 3.78. The van der Waals surface area contributed by atoms with Gasteiger partial charge in [-0.25, -0.2) is 0 Å². The van der Waals surface area contributed by atoms with Gasteiger partial charge in [0.25, 0.3) is 5.91 Å². The average Bonchev–Trinajstić information content (AvgIpc) is 2.74. The minimum absolute atomic E-state index is 0.0305. The van der Waals surface area contributed by atoms with Gasteiger partial charge in [0, 0.05) is 49.9 Å². The van der Waals surface area contributed by atoms with E-state index < -0.39 is 0 Å². The first-order valence-electron chi connectivity index (χ1n) is 10.5. The number of nitrogens with one attached hydrogen (secondary N) is 1. The highest BCUT2D eigenvalue weighted by molar-refractivity contribution is 5.95. The molecule has 2 aromatic rings. The normalized spacial score (nSPS) is 16.6. The lowest BCUT2D eigenvalue weighted by Gasteiger charge is -2.40. The van der Waals surface area contributed by atoms with Crippen molar-refractivity contribution in [3.05, 3.63) is 65.7 Å². The number of hydrogen-bond acceptors (Lipinski definition) is 4. The fourth-order valence-electron chi connectivity index (χ4n) is 3.78. The lowest BCUT2D eigenvalue weighted by atomic mass is 10.0. The average molecular weight is 396 g/mol. The summed E-state index contributed by atoms with van der Waals surface area (Å²) in [6, 6.07) is 17.7. The van der Waals surface area contributed by atoms with Gasteiger partial charge in [-0.15, -0.1) is 0 Å². The molecule has 0 unspecified atom stereocenters. The third-order valence-corrected chi connectivity index (χ3v) is 5.65. The Kier molecular flexibility index (Phi) is 7.67. The monoisotopic (exact) mass is 395 g/mol. The zero-order valence-corrected chi connectivity index (χ0v) is 17.8. The van der Waals surface area contributed by atoms with Crippen molar-refractivity contribution in [3.8, 4) is 5.75 Å². The molecule has 1 N–H and O–H groups in total. The molecular formula is C24H33N3O2. The minimum Gasteiger partial charge on any atom is -0.489 e. The quantitative estimate of drug-likeness (QED) is 0.745. The summed E-state index contributed by atoms with van der Waals surface area (Å²) >= 11 is 0. The highest BCUT2D eigenvalue weighted by atomic mass is 16.5. The Morgan fingerprint density at radius 1 is 1.00 bits per heavy atom. The van der Waals surface area contributed by atoms with Crippen molar-refractivity contribution < 1.29 is 9.53 Å². The lowest BCUT2D eigenvalue weighted by molar-refractivity contribution is 0.0790. The van der Waals surface area contributed by atoms with E-state index in [1.54, 1.807) is 0 Å². The van der Waals surface area contributed by atoms with Gasteiger partial charge in [0.15, 0.2) is 0 Å². The van der Waals surface area contributed by atoms with Gasteiger partial charge in [0.1, 0.15) is 12.4 Å². The third-order valence-electron chi connectivity index (χ3n) is 5.65. The smallest absolute Gasteiger partial charge is 0.251 e. The number of carbonyl (C=O) groups excluding carboxylic acids is 1. The molecule has 0 radical (unpaired) electrons. The van der Waals surface area contributed by atoms with E-state index in [0.29, 0.717) is 30.7 Å². The number of benzene rings is 2. The van der Waals surface area contributed by atoms with Gasteiger partial charge in [-0.2, -0.15) is 0 Å². The summed E-state index contributed by atoms with van der Waals surface area (Å²) in [5.41, 5.74) is 1.58. The zero-order chi connectivity index (χ0) is 20.6. The standard InChI is InChI=1S/C24H33N3O2/c1-19(2)23(27-15-13-26(3)14-16-27)17-25-24(28)22-12-8-7-9-20(22)18-29-21-10-5-4-6-11-21/h4-12,19,23H,13-18H2,1-3H3,(H,25,28)/t23-/m0/s1. The highest BCUT2D eigenvalue weighted by Crippen LogP contribution is 2.16. The van der Waals surface area contributed by atoms with Crippen molar-refractivity contribution in [1.29, 1.82) is 0 Å². The van der Waals surface area contributed by atoms with Crippen LogP contribution in [0.5, 0.6) is 5.75 Å². The summed E-state index contributed by atoms with van der Waals surface area (Å²) in [6.45, 7) is 9.77. The van der Waals surface area contributed by atoms with E-state index in [-0.39, 0.29) is 5.91 Å². The van der Waals surface area contributed by atoms with Crippen molar-refractivity contribution in [2.24, 2.45) is 5.92 Å². The van der Waals surface area contributed by atoms with Gasteiger partial charge in [-0.1, -0.05) is 50.2 Å². The van der Waals surface area contributed by atoms with Gasteiger partial charge in [-0.05, 0) is 31.2 Å². The molecule has 29 heavy (non-hydrogen) atoms. The second-order valence-corrected chi connectivity index (χ2v) is 8.12. The van der Waals surface area contributed by atoms with Crippen molar-refractivity contribution in [2.45, 2.75) is 26.5 Å². The molecule has 1 heterocycles. The van der Waals surface area contributed by atoms with E-state index >= 15 is 0 Å². The maximum atomic E-state index is 12.9. The third kappa shape index (κ3) is 6.05. The van der Waals surface area contributed by atoms with Gasteiger partial charge in [0.05, 0.1) is 0 Å². The summed E-state index contributed by atoms with van der Waals surface area (Å²) in [6.07, 6.45) is 0. The number of ether oxygens (including phenoxy) is 1. The molecule has 0 spiro atoms. The maximum absolute atomic E-state index is 12.9. The summed E-state index contributed by atoms with van der Waals surface area (Å²) in [7, 11) is 2.16. The van der Waals surface area contributed by atoms with Gasteiger partial charge >= 0.3 is 0 Å². The van der Waals surface area contributed by atoms with Crippen LogP contribution in [0.3, 0.4) is 0 Å². The zero-order valence-electron chi connectivity index (χ0n) is 17.8. The van der Waals surface area contributed by atoms with Crippen LogP contribution in [0.2, 0.25) is 0 Å². The summed E-state index contributed by atoms with van der Waals surface area (Å²) < 4.78 is 5.86. The molecule has 5 nitrogen and oxygen atoms in total. The topological polar surface area (TPSA) is 44.8 Å². The molecule has 0 aliphatic carbocycles. The Morgan fingerprint density at radius 2 is 1.66 bits per heavy atom. The molecule has 1 aliphatic heterocycles. The number of amides is 1. The second kappa shape index (κ2) is 10.4. The van der Waals surface area contributed by atoms with Crippen LogP contribution in [0, 0.1) is 5.92 Å². The van der Waals surface area contributed by atoms with E-state index in [2.05, 4.69) is 36.0 Å². The highest BCUT2D eigenvalue weighted by Gasteiger charge is 2.25. The fraction of sp³-hybridized carbons (Fsp3) is 0.458. The van der Waals surface area contributed by atoms with Crippen molar-refractivity contribution in [3.63, 3.8) is 0 Å². The van der Waals surface area contributed by atoms with Crippen LogP contribution in [-0.2, 0) is 6.61 Å². The molecule has 1 fully saturated rings. The molecule has 1 saturated heterocycles. The molecule has 0 saturated carbocycles. The summed E-state index contributed by atoms with van der Waals surface area (Å²) in [5, 5.41) is 3.18. The maximum Gasteiger partial charge on any atom is 0.251 e. The molecule has 1 amide bonds. The largest absolute Gasteiger partial charge is 0.489 e. The molecular weight excluding hydrogens is 362 g/mol. The van der Waals surface area contributed by atoms with Gasteiger partial charge < -0.3 is 15.0 Å². The van der Waals surface area contributed by atoms with Crippen molar-refractivity contribution >= 4 is 5.91 Å². The molecule has 1 aliphatic rings. The van der Waals surface area contributed by atoms with Gasteiger partial charge in [-0.3, -0.25) is 9.69 Å². The van der Waals surface area contributed by atoms with E-state index in [9.17, 15) is 4.79 Å². The van der Waals surface area contributed by atoms with Crippen LogP contribution in [0.15, 0.2) is 54.6 Å². The lowest BCUT2D eigenvalue weighted by Crippen LogP contribution is -2.54. The van der Waals surface area contributed by atoms with Crippen molar-refractivity contribution in [1.82, 2.24) is 15.1 Å². The van der Waals surface area contributed by atoms with E-state index in [4.69, 9.17) is 4.74 Å². The number of likely N-dealkylation sites (N-methyl/N-ethyl adjacent to an activating group) is 1. The van der Waals surface area contributed by atoms with Crippen molar-refractivity contribution in [2.75, 3.05) is 39.8 Å². The minimum atomic E-state index is -0.0305. The molecule has 3 rings (SSSR count). The molecule has 156 valence electrons. The van der Waals surface area contributed by atoms with Gasteiger partial charge in [0.2, 0.25) is 0 Å². The Balaban J connectivity index is 1.61. The number of hydrogen-bond donors (Lipinski definition) is 1. The number of carbonyl (C=O) groups is 1. The molecule has 1 atom stereocenters. The van der Waals surface area contributed by atoms with Crippen LogP contribution < -0.4 is 10.1 Å². The first-order valence-corrected chi connectivity index (χ1v) is 10.5. The summed E-state index contributed by atoms with van der Waals surface area (Å²) in [4.78, 5) is 17.8. The number of para-hydroxylation sites is 1. The van der Waals surface area contributed by atoms with E-state index in [0.717, 1.165) is 37.5 Å². The Labute approximate surface area is 174 Å².